The number of rotatable bonds is 4. The largest absolute Gasteiger partial charge is 0.308 e. The van der Waals surface area contributed by atoms with Gasteiger partial charge in [0.2, 0.25) is 0 Å². The molecule has 6 nitrogen and oxygen atoms in total. The summed E-state index contributed by atoms with van der Waals surface area (Å²) in [5.74, 6) is 1.30. The number of para-hydroxylation sites is 1. The molecule has 0 radical (unpaired) electrons. The summed E-state index contributed by atoms with van der Waals surface area (Å²) in [6, 6.07) is 49.1. The maximum absolute atomic E-state index is 10.7. The molecule has 1 aliphatic carbocycles. The monoisotopic (exact) mass is 640 g/mol. The lowest BCUT2D eigenvalue weighted by molar-refractivity contribution is 0.666. The van der Waals surface area contributed by atoms with Crippen LogP contribution in [0.5, 0.6) is 0 Å². The number of benzene rings is 6. The quantitative estimate of drug-likeness (QED) is 0.191. The molecular weight excluding hydrogens is 613 g/mol. The molecule has 0 saturated heterocycles. The van der Waals surface area contributed by atoms with Crippen molar-refractivity contribution in [2.75, 3.05) is 0 Å². The minimum atomic E-state index is -0.230. The summed E-state index contributed by atoms with van der Waals surface area (Å²) in [6.07, 6.45) is 0. The van der Waals surface area contributed by atoms with Crippen molar-refractivity contribution >= 4 is 21.8 Å². The van der Waals surface area contributed by atoms with Crippen LogP contribution in [0.4, 0.5) is 0 Å². The SMILES string of the molecule is CC1(C)c2ccccc2-c2ccc3c(c21)c1ccccc1n3-c1cc(C#N)c(-c2nc(-c3ccccc3)nc(-c3ccccc3)n2)cc1C#N. The second kappa shape index (κ2) is 11.1. The highest BCUT2D eigenvalue weighted by molar-refractivity contribution is 6.14. The van der Waals surface area contributed by atoms with Crippen molar-refractivity contribution in [3.63, 3.8) is 0 Å². The van der Waals surface area contributed by atoms with E-state index in [0.29, 0.717) is 39.9 Å². The van der Waals surface area contributed by atoms with Crippen molar-refractivity contribution in [3.05, 3.63) is 156 Å². The first-order valence-electron chi connectivity index (χ1n) is 16.5. The summed E-state index contributed by atoms with van der Waals surface area (Å²) in [5, 5.41) is 23.6. The molecule has 2 heterocycles. The molecule has 0 atom stereocenters. The van der Waals surface area contributed by atoms with Gasteiger partial charge in [-0.2, -0.15) is 10.5 Å². The van der Waals surface area contributed by atoms with E-state index in [-0.39, 0.29) is 5.41 Å². The van der Waals surface area contributed by atoms with Gasteiger partial charge in [-0.1, -0.05) is 123 Å². The van der Waals surface area contributed by atoms with Crippen LogP contribution in [0.2, 0.25) is 0 Å². The molecule has 0 spiro atoms. The van der Waals surface area contributed by atoms with Gasteiger partial charge in [-0.25, -0.2) is 15.0 Å². The summed E-state index contributed by atoms with van der Waals surface area (Å²) in [7, 11) is 0. The lowest BCUT2D eigenvalue weighted by Gasteiger charge is -2.22. The van der Waals surface area contributed by atoms with Crippen LogP contribution in [0.3, 0.4) is 0 Å². The van der Waals surface area contributed by atoms with Gasteiger partial charge in [-0.05, 0) is 46.5 Å². The Labute approximate surface area is 289 Å². The summed E-state index contributed by atoms with van der Waals surface area (Å²) in [4.78, 5) is 14.5. The van der Waals surface area contributed by atoms with E-state index in [2.05, 4.69) is 85.2 Å². The Kier molecular flexibility index (Phi) is 6.49. The molecule has 8 aromatic rings. The normalized spacial score (nSPS) is 12.7. The third-order valence-corrected chi connectivity index (χ3v) is 9.91. The van der Waals surface area contributed by atoms with Crippen molar-refractivity contribution in [1.29, 1.82) is 10.5 Å². The number of hydrogen-bond acceptors (Lipinski definition) is 5. The number of fused-ring (bicyclic) bond motifs is 7. The average Bonchev–Trinajstić information content (AvgIpc) is 3.63. The summed E-state index contributed by atoms with van der Waals surface area (Å²) in [5.41, 5.74) is 10.3. The molecule has 6 aromatic carbocycles. The van der Waals surface area contributed by atoms with Crippen molar-refractivity contribution < 1.29 is 0 Å². The first-order valence-corrected chi connectivity index (χ1v) is 16.5. The van der Waals surface area contributed by atoms with Crippen molar-refractivity contribution in [2.24, 2.45) is 0 Å². The van der Waals surface area contributed by atoms with Crippen LogP contribution < -0.4 is 0 Å². The Morgan fingerprint density at radius 3 is 1.82 bits per heavy atom. The summed E-state index contributed by atoms with van der Waals surface area (Å²) in [6.45, 7) is 4.57. The predicted octanol–water partition coefficient (Wildman–Crippen LogP) is 10.0. The third-order valence-electron chi connectivity index (χ3n) is 9.91. The van der Waals surface area contributed by atoms with Gasteiger partial charge in [0.05, 0.1) is 33.9 Å². The van der Waals surface area contributed by atoms with Crippen LogP contribution in [0.1, 0.15) is 36.1 Å². The topological polar surface area (TPSA) is 91.2 Å². The van der Waals surface area contributed by atoms with Crippen LogP contribution in [0, 0.1) is 22.7 Å². The second-order valence-electron chi connectivity index (χ2n) is 13.1. The minimum Gasteiger partial charge on any atom is -0.308 e. The van der Waals surface area contributed by atoms with Crippen LogP contribution in [-0.4, -0.2) is 19.5 Å². The maximum Gasteiger partial charge on any atom is 0.165 e. The number of aromatic nitrogens is 4. The minimum absolute atomic E-state index is 0.230. The molecule has 0 saturated carbocycles. The average molecular weight is 641 g/mol. The third kappa shape index (κ3) is 4.29. The van der Waals surface area contributed by atoms with Crippen molar-refractivity contribution in [2.45, 2.75) is 19.3 Å². The molecule has 0 amide bonds. The van der Waals surface area contributed by atoms with Gasteiger partial charge >= 0.3 is 0 Å². The number of nitriles is 2. The predicted molar refractivity (Wildman–Crippen MR) is 197 cm³/mol. The zero-order valence-corrected chi connectivity index (χ0v) is 27.4. The van der Waals surface area contributed by atoms with Gasteiger partial charge in [0.25, 0.3) is 0 Å². The van der Waals surface area contributed by atoms with Gasteiger partial charge in [0.15, 0.2) is 17.5 Å². The molecule has 9 rings (SSSR count). The van der Waals surface area contributed by atoms with Gasteiger partial charge < -0.3 is 4.57 Å². The fourth-order valence-electron chi connectivity index (χ4n) is 7.66. The van der Waals surface area contributed by atoms with E-state index in [1.165, 1.54) is 22.3 Å². The van der Waals surface area contributed by atoms with Crippen LogP contribution >= 0.6 is 0 Å². The highest BCUT2D eigenvalue weighted by Crippen LogP contribution is 2.53. The summed E-state index contributed by atoms with van der Waals surface area (Å²) < 4.78 is 2.13. The molecule has 1 aliphatic rings. The van der Waals surface area contributed by atoms with Crippen molar-refractivity contribution in [1.82, 2.24) is 19.5 Å². The first-order chi connectivity index (χ1) is 24.5. The second-order valence-corrected chi connectivity index (χ2v) is 13.1. The molecule has 0 bridgehead atoms. The van der Waals surface area contributed by atoms with E-state index in [4.69, 9.17) is 15.0 Å². The lowest BCUT2D eigenvalue weighted by atomic mass is 9.80. The van der Waals surface area contributed by atoms with Gasteiger partial charge in [0.1, 0.15) is 6.07 Å². The van der Waals surface area contributed by atoms with E-state index in [1.54, 1.807) is 12.1 Å². The van der Waals surface area contributed by atoms with E-state index in [9.17, 15) is 10.5 Å². The molecule has 0 aliphatic heterocycles. The highest BCUT2D eigenvalue weighted by atomic mass is 15.0. The Balaban J connectivity index is 1.30. The van der Waals surface area contributed by atoms with Gasteiger partial charge in [-0.15, -0.1) is 0 Å². The zero-order chi connectivity index (χ0) is 34.0. The molecular formula is C44H28N6. The Bertz CT molecular complexity index is 2690. The van der Waals surface area contributed by atoms with E-state index in [1.807, 2.05) is 66.7 Å². The Morgan fingerprint density at radius 2 is 1.14 bits per heavy atom. The molecule has 50 heavy (non-hydrogen) atoms. The molecule has 2 aromatic heterocycles. The van der Waals surface area contributed by atoms with E-state index >= 15 is 0 Å². The molecule has 234 valence electrons. The Morgan fingerprint density at radius 1 is 0.540 bits per heavy atom. The molecule has 0 N–H and O–H groups in total. The van der Waals surface area contributed by atoms with Crippen LogP contribution in [0.25, 0.3) is 72.8 Å². The fourth-order valence-corrected chi connectivity index (χ4v) is 7.66. The lowest BCUT2D eigenvalue weighted by Crippen LogP contribution is -2.15. The maximum atomic E-state index is 10.7. The summed E-state index contributed by atoms with van der Waals surface area (Å²) >= 11 is 0. The van der Waals surface area contributed by atoms with E-state index < -0.39 is 0 Å². The van der Waals surface area contributed by atoms with E-state index in [0.717, 1.165) is 32.9 Å². The van der Waals surface area contributed by atoms with Gasteiger partial charge in [0, 0.05) is 32.9 Å². The van der Waals surface area contributed by atoms with Crippen molar-refractivity contribution in [3.8, 4) is 63.1 Å². The number of nitrogens with zero attached hydrogens (tertiary/aromatic N) is 6. The standard InChI is InChI=1S/C44H28N6/c1-44(2)35-19-11-9-17-31(35)32-21-22-37-39(40(32)44)33-18-10-12-20-36(33)50(37)38-24-29(25-45)34(23-30(38)26-46)43-48-41(27-13-5-3-6-14-27)47-42(49-43)28-15-7-4-8-16-28/h3-24H,1-2H3. The molecule has 0 unspecified atom stereocenters. The van der Waals surface area contributed by atoms with Gasteiger partial charge in [-0.3, -0.25) is 0 Å². The molecule has 6 heteroatoms. The smallest absolute Gasteiger partial charge is 0.165 e. The van der Waals surface area contributed by atoms with Crippen LogP contribution in [0.15, 0.2) is 133 Å². The van der Waals surface area contributed by atoms with Crippen LogP contribution in [-0.2, 0) is 5.41 Å². The highest BCUT2D eigenvalue weighted by Gasteiger charge is 2.38. The molecule has 0 fully saturated rings. The first kappa shape index (κ1) is 29.3. The Hall–Kier alpha value is -6.89. The zero-order valence-electron chi connectivity index (χ0n) is 27.4. The number of hydrogen-bond donors (Lipinski definition) is 0. The fraction of sp³-hybridized carbons (Fsp3) is 0.0682.